The molecule has 2 heterocycles. The number of aliphatic hydroxyl groups is 1. The van der Waals surface area contributed by atoms with Crippen molar-refractivity contribution >= 4 is 60.6 Å². The van der Waals surface area contributed by atoms with Gasteiger partial charge < -0.3 is 23.9 Å². The lowest BCUT2D eigenvalue weighted by Crippen LogP contribution is -2.51. The van der Waals surface area contributed by atoms with Crippen LogP contribution in [0.25, 0.3) is 38.7 Å². The second kappa shape index (κ2) is 10.0. The molecule has 1 aromatic heterocycles. The highest BCUT2D eigenvalue weighted by Crippen LogP contribution is 2.47. The Bertz CT molecular complexity index is 1940. The van der Waals surface area contributed by atoms with E-state index >= 15 is 0 Å². The summed E-state index contributed by atoms with van der Waals surface area (Å²) < 4.78 is 20.6. The number of rotatable bonds is 4. The summed E-state index contributed by atoms with van der Waals surface area (Å²) in [6, 6.07) is 20.8. The minimum absolute atomic E-state index is 0.221. The first kappa shape index (κ1) is 27.1. The van der Waals surface area contributed by atoms with Gasteiger partial charge in [0.15, 0.2) is 6.10 Å². The van der Waals surface area contributed by atoms with Crippen molar-refractivity contribution in [3.05, 3.63) is 98.6 Å². The van der Waals surface area contributed by atoms with E-state index in [9.17, 15) is 14.7 Å². The van der Waals surface area contributed by atoms with E-state index in [1.165, 1.54) is 13.2 Å². The third-order valence-corrected chi connectivity index (χ3v) is 8.21. The number of aryl methyl sites for hydroxylation is 1. The maximum atomic E-state index is 14.0. The number of hydrogen-bond donors (Lipinski definition) is 1. The van der Waals surface area contributed by atoms with Crippen LogP contribution in [0.3, 0.4) is 0 Å². The first-order chi connectivity index (χ1) is 19.6. The summed E-state index contributed by atoms with van der Waals surface area (Å²) in [5.41, 5.74) is 1.04. The van der Waals surface area contributed by atoms with Crippen LogP contribution in [0.5, 0.6) is 11.5 Å². The average Bonchev–Trinajstić information content (AvgIpc) is 2.95. The zero-order valence-corrected chi connectivity index (χ0v) is 24.6. The number of fused-ring (bicyclic) bond motifs is 5. The van der Waals surface area contributed by atoms with Gasteiger partial charge in [-0.1, -0.05) is 52.3 Å². The van der Waals surface area contributed by atoms with Gasteiger partial charge in [-0.2, -0.15) is 0 Å². The van der Waals surface area contributed by atoms with Crippen LogP contribution in [0.2, 0.25) is 0 Å². The molecule has 0 radical (unpaired) electrons. The van der Waals surface area contributed by atoms with Gasteiger partial charge in [0.2, 0.25) is 5.43 Å². The van der Waals surface area contributed by atoms with E-state index in [2.05, 4.69) is 15.9 Å². The Morgan fingerprint density at radius 3 is 2.44 bits per heavy atom. The minimum atomic E-state index is -1.28. The van der Waals surface area contributed by atoms with E-state index in [0.29, 0.717) is 38.9 Å². The smallest absolute Gasteiger partial charge is 0.331 e. The summed E-state index contributed by atoms with van der Waals surface area (Å²) in [5.74, 6) is 0.0747. The van der Waals surface area contributed by atoms with Crippen LogP contribution in [0.1, 0.15) is 31.1 Å². The fourth-order valence-corrected chi connectivity index (χ4v) is 5.93. The summed E-state index contributed by atoms with van der Waals surface area (Å²) in [4.78, 5) is 26.9. The quantitative estimate of drug-likeness (QED) is 0.142. The summed E-state index contributed by atoms with van der Waals surface area (Å²) >= 11 is 3.40. The van der Waals surface area contributed by atoms with Gasteiger partial charge in [0, 0.05) is 29.0 Å². The predicted octanol–water partition coefficient (Wildman–Crippen LogP) is 6.45. The third-order valence-electron chi connectivity index (χ3n) is 7.68. The normalized spacial score (nSPS) is 18.0. The number of aliphatic hydroxyl groups excluding tert-OH is 1. The maximum Gasteiger partial charge on any atom is 0.331 e. The van der Waals surface area contributed by atoms with Crippen LogP contribution in [0.4, 0.5) is 0 Å². The predicted molar refractivity (Wildman–Crippen MR) is 163 cm³/mol. The van der Waals surface area contributed by atoms with E-state index in [0.717, 1.165) is 20.8 Å². The number of esters is 1. The third kappa shape index (κ3) is 4.57. The molecule has 0 spiro atoms. The molecule has 0 saturated carbocycles. The standard InChI is InChI=1S/C33H28BrNO6/c1-33(2)32(40-26(36)14-11-18-9-12-21(34)13-10-18)31(38)28-25(41-33)17-24(39-4)27-29(28)35(3)23-16-20-8-6-5-7-19(20)15-22(23)30(27)37/h5-17,31-32,38H,1-4H3/b14-11+/t31-,32-/m1/s1. The number of halogens is 1. The van der Waals surface area contributed by atoms with Gasteiger partial charge in [0.1, 0.15) is 23.2 Å². The second-order valence-electron chi connectivity index (χ2n) is 10.7. The number of methoxy groups -OCH3 is 1. The van der Waals surface area contributed by atoms with Gasteiger partial charge in [-0.25, -0.2) is 4.79 Å². The lowest BCUT2D eigenvalue weighted by atomic mass is 9.86. The highest BCUT2D eigenvalue weighted by atomic mass is 79.9. The van der Waals surface area contributed by atoms with Gasteiger partial charge >= 0.3 is 5.97 Å². The van der Waals surface area contributed by atoms with Crippen LogP contribution < -0.4 is 14.9 Å². The van der Waals surface area contributed by atoms with Crippen LogP contribution >= 0.6 is 15.9 Å². The molecule has 1 aliphatic rings. The number of nitrogens with zero attached hydrogens (tertiary/aromatic N) is 1. The van der Waals surface area contributed by atoms with Crippen LogP contribution in [-0.4, -0.2) is 34.5 Å². The molecular formula is C33H28BrNO6. The van der Waals surface area contributed by atoms with E-state index in [-0.39, 0.29) is 5.43 Å². The van der Waals surface area contributed by atoms with Crippen molar-refractivity contribution in [2.45, 2.75) is 31.7 Å². The molecule has 208 valence electrons. The molecule has 0 amide bonds. The maximum absolute atomic E-state index is 14.0. The van der Waals surface area contributed by atoms with E-state index < -0.39 is 23.8 Å². The molecule has 7 nitrogen and oxygen atoms in total. The van der Waals surface area contributed by atoms with Gasteiger partial charge in [0.05, 0.1) is 29.1 Å². The lowest BCUT2D eigenvalue weighted by molar-refractivity contribution is -0.171. The molecule has 4 aromatic carbocycles. The largest absolute Gasteiger partial charge is 0.496 e. The minimum Gasteiger partial charge on any atom is -0.496 e. The Kier molecular flexibility index (Phi) is 6.63. The molecule has 1 aliphatic heterocycles. The number of benzene rings is 4. The van der Waals surface area contributed by atoms with Crippen molar-refractivity contribution < 1.29 is 24.1 Å². The van der Waals surface area contributed by atoms with Gasteiger partial charge in [-0.15, -0.1) is 0 Å². The summed E-state index contributed by atoms with van der Waals surface area (Å²) in [6.07, 6.45) is 0.626. The Labute approximate surface area is 244 Å². The zero-order chi connectivity index (χ0) is 29.1. The van der Waals surface area contributed by atoms with Crippen molar-refractivity contribution in [3.8, 4) is 11.5 Å². The lowest BCUT2D eigenvalue weighted by Gasteiger charge is -2.42. The second-order valence-corrected chi connectivity index (χ2v) is 11.6. The molecule has 5 aromatic rings. The first-order valence-corrected chi connectivity index (χ1v) is 14.0. The molecule has 0 aliphatic carbocycles. The molecule has 1 N–H and O–H groups in total. The Morgan fingerprint density at radius 2 is 1.76 bits per heavy atom. The van der Waals surface area contributed by atoms with E-state index in [1.807, 2.05) is 72.3 Å². The molecule has 0 fully saturated rings. The summed E-state index contributed by atoms with van der Waals surface area (Å²) in [6.45, 7) is 3.50. The molecule has 41 heavy (non-hydrogen) atoms. The topological polar surface area (TPSA) is 87.0 Å². The monoisotopic (exact) mass is 613 g/mol. The van der Waals surface area contributed by atoms with Crippen LogP contribution in [0.15, 0.2) is 82.1 Å². The highest BCUT2D eigenvalue weighted by Gasteiger charge is 2.47. The summed E-state index contributed by atoms with van der Waals surface area (Å²) in [7, 11) is 3.34. The highest BCUT2D eigenvalue weighted by molar-refractivity contribution is 9.10. The number of hydrogen-bond acceptors (Lipinski definition) is 6. The summed E-state index contributed by atoms with van der Waals surface area (Å²) in [5, 5.41) is 14.6. The number of pyridine rings is 1. The fraction of sp³-hybridized carbons (Fsp3) is 0.212. The van der Waals surface area contributed by atoms with E-state index in [4.69, 9.17) is 14.2 Å². The number of aromatic nitrogens is 1. The Hall–Kier alpha value is -4.14. The van der Waals surface area contributed by atoms with Crippen LogP contribution in [-0.2, 0) is 16.6 Å². The van der Waals surface area contributed by atoms with E-state index in [1.54, 1.807) is 26.0 Å². The molecule has 0 bridgehead atoms. The van der Waals surface area contributed by atoms with Crippen molar-refractivity contribution in [1.82, 2.24) is 4.57 Å². The number of carbonyl (C=O) groups excluding carboxylic acids is 1. The molecule has 8 heteroatoms. The zero-order valence-electron chi connectivity index (χ0n) is 23.0. The molecule has 0 saturated heterocycles. The number of carbonyl (C=O) groups is 1. The van der Waals surface area contributed by atoms with Gasteiger partial charge in [-0.05, 0) is 60.5 Å². The Morgan fingerprint density at radius 1 is 1.07 bits per heavy atom. The molecule has 2 atom stereocenters. The van der Waals surface area contributed by atoms with Gasteiger partial charge in [-0.3, -0.25) is 4.79 Å². The molecule has 6 rings (SSSR count). The number of ether oxygens (including phenoxy) is 3. The SMILES string of the molecule is COc1cc2c(c3c1c(=O)c1cc4ccccc4cc1n3C)[C@@H](O)[C@@H](OC(=O)/C=C/c1ccc(Br)cc1)C(C)(C)O2. The first-order valence-electron chi connectivity index (χ1n) is 13.2. The van der Waals surface area contributed by atoms with Crippen LogP contribution in [0, 0.1) is 0 Å². The fourth-order valence-electron chi connectivity index (χ4n) is 5.66. The molecular weight excluding hydrogens is 586 g/mol. The van der Waals surface area contributed by atoms with Crippen molar-refractivity contribution in [2.24, 2.45) is 7.05 Å². The molecule has 0 unspecified atom stereocenters. The average molecular weight is 614 g/mol. The van der Waals surface area contributed by atoms with Gasteiger partial charge in [0.25, 0.3) is 0 Å². The van der Waals surface area contributed by atoms with Crippen molar-refractivity contribution in [1.29, 1.82) is 0 Å². The Balaban J connectivity index is 1.50. The van der Waals surface area contributed by atoms with Crippen molar-refractivity contribution in [2.75, 3.05) is 7.11 Å². The van der Waals surface area contributed by atoms with Crippen molar-refractivity contribution in [3.63, 3.8) is 0 Å².